The molecule has 0 rings (SSSR count). The van der Waals surface area contributed by atoms with Gasteiger partial charge in [0.2, 0.25) is 0 Å². The zero-order chi connectivity index (χ0) is 11.7. The number of thiocarbonyl (C=S) groups is 2. The summed E-state index contributed by atoms with van der Waals surface area (Å²) in [4.78, 5) is 0. The molecular weight excluding hydrogens is 335 g/mol. The Hall–Kier alpha value is 3.49. The van der Waals surface area contributed by atoms with Crippen molar-refractivity contribution in [1.29, 1.82) is 0 Å². The van der Waals surface area contributed by atoms with Gasteiger partial charge in [-0.05, 0) is 27.7 Å². The minimum Gasteiger partial charge on any atom is -0.511 e. The van der Waals surface area contributed by atoms with Crippen LogP contribution in [-0.4, -0.2) is 21.0 Å². The smallest absolute Gasteiger partial charge is 0.511 e. The van der Waals surface area contributed by atoms with Gasteiger partial charge in [0.05, 0.1) is 12.2 Å². The Balaban J connectivity index is -0.0000000800. The van der Waals surface area contributed by atoms with Crippen molar-refractivity contribution in [3.05, 3.63) is 0 Å². The Morgan fingerprint density at radius 1 is 0.812 bits per heavy atom. The molecule has 8 heteroatoms. The summed E-state index contributed by atoms with van der Waals surface area (Å²) in [5.74, 6) is 0. The molecular formula is C8H14K2O2S4. The predicted molar refractivity (Wildman–Crippen MR) is 72.4 cm³/mol. The molecule has 0 aromatic rings. The molecule has 0 fully saturated rings. The Morgan fingerprint density at radius 2 is 1.00 bits per heavy atom. The number of hydrogen-bond donors (Lipinski definition) is 0. The second-order valence-corrected chi connectivity index (χ2v) is 4.83. The van der Waals surface area contributed by atoms with E-state index in [-0.39, 0.29) is 124 Å². The van der Waals surface area contributed by atoms with E-state index in [0.717, 1.165) is 0 Å². The molecule has 0 bridgehead atoms. The largest absolute Gasteiger partial charge is 1.00 e. The average molecular weight is 349 g/mol. The fourth-order valence-corrected chi connectivity index (χ4v) is 1.15. The normalized spacial score (nSPS) is 7.88. The quantitative estimate of drug-likeness (QED) is 0.291. The number of rotatable bonds is 2. The number of ether oxygens (including phenoxy) is 2. The van der Waals surface area contributed by atoms with Crippen molar-refractivity contribution in [3.8, 4) is 0 Å². The standard InChI is InChI=1S/2C4H8OS2.2K/c2*1-3(2)5-4(6)7;;/h2*3H,1-2H3,(H,6,7);;/q;;2*+1/p-2. The third-order valence-electron chi connectivity index (χ3n) is 0.664. The zero-order valence-corrected chi connectivity index (χ0v) is 20.1. The van der Waals surface area contributed by atoms with Crippen molar-refractivity contribution in [1.82, 2.24) is 0 Å². The number of hydrogen-bond acceptors (Lipinski definition) is 6. The fourth-order valence-electron chi connectivity index (χ4n) is 0.385. The summed E-state index contributed by atoms with van der Waals surface area (Å²) in [5.41, 5.74) is 0. The molecule has 0 aliphatic heterocycles. The van der Waals surface area contributed by atoms with Crippen LogP contribution in [0.3, 0.4) is 0 Å². The van der Waals surface area contributed by atoms with E-state index in [1.807, 2.05) is 27.7 Å². The molecule has 0 saturated carbocycles. The van der Waals surface area contributed by atoms with Gasteiger partial charge in [0.1, 0.15) is 0 Å². The summed E-state index contributed by atoms with van der Waals surface area (Å²) >= 11 is 17.9. The van der Waals surface area contributed by atoms with Crippen LogP contribution < -0.4 is 103 Å². The van der Waals surface area contributed by atoms with E-state index in [4.69, 9.17) is 9.47 Å². The fraction of sp³-hybridized carbons (Fsp3) is 0.750. The van der Waals surface area contributed by atoms with E-state index in [1.54, 1.807) is 0 Å². The first-order chi connectivity index (χ1) is 6.25. The van der Waals surface area contributed by atoms with Crippen LogP contribution in [-0.2, 0) is 34.7 Å². The van der Waals surface area contributed by atoms with E-state index in [1.165, 1.54) is 0 Å². The first kappa shape index (κ1) is 27.8. The first-order valence-electron chi connectivity index (χ1n) is 4.01. The van der Waals surface area contributed by atoms with Crippen molar-refractivity contribution in [2.75, 3.05) is 0 Å². The molecule has 16 heavy (non-hydrogen) atoms. The molecule has 0 saturated heterocycles. The SMILES string of the molecule is CC(C)OC(=S)[S-].CC(C)OC(=S)[S-].[K+].[K+]. The van der Waals surface area contributed by atoms with Crippen LogP contribution in [0.5, 0.6) is 0 Å². The molecule has 0 aromatic carbocycles. The third kappa shape index (κ3) is 36.0. The maximum Gasteiger partial charge on any atom is 1.00 e. The molecule has 0 aliphatic carbocycles. The van der Waals surface area contributed by atoms with E-state index in [2.05, 4.69) is 49.7 Å². The minimum absolute atomic E-state index is 0. The molecule has 0 spiro atoms. The molecule has 84 valence electrons. The molecule has 0 aliphatic rings. The van der Waals surface area contributed by atoms with Crippen LogP contribution in [0.4, 0.5) is 0 Å². The molecule has 0 amide bonds. The topological polar surface area (TPSA) is 18.5 Å². The minimum atomic E-state index is 0. The second-order valence-electron chi connectivity index (χ2n) is 2.83. The molecule has 0 radical (unpaired) electrons. The van der Waals surface area contributed by atoms with Gasteiger partial charge in [-0.3, -0.25) is 0 Å². The van der Waals surface area contributed by atoms with E-state index >= 15 is 0 Å². The van der Waals surface area contributed by atoms with Crippen molar-refractivity contribution in [2.45, 2.75) is 39.9 Å². The van der Waals surface area contributed by atoms with Gasteiger partial charge in [-0.15, -0.1) is 0 Å². The molecule has 0 aromatic heterocycles. The van der Waals surface area contributed by atoms with Crippen molar-refractivity contribution in [2.24, 2.45) is 0 Å². The Kier molecular flexibility index (Phi) is 32.1. The maximum atomic E-state index is 4.80. The second kappa shape index (κ2) is 18.5. The summed E-state index contributed by atoms with van der Waals surface area (Å²) in [6.07, 6.45) is 0.259. The Morgan fingerprint density at radius 3 is 1.00 bits per heavy atom. The van der Waals surface area contributed by atoms with Crippen molar-refractivity contribution < 1.29 is 112 Å². The Bertz CT molecular complexity index is 169. The van der Waals surface area contributed by atoms with E-state index in [9.17, 15) is 0 Å². The van der Waals surface area contributed by atoms with Gasteiger partial charge in [-0.25, -0.2) is 0 Å². The van der Waals surface area contributed by atoms with E-state index in [0.29, 0.717) is 0 Å². The van der Waals surface area contributed by atoms with Gasteiger partial charge in [0.25, 0.3) is 0 Å². The summed E-state index contributed by atoms with van der Waals surface area (Å²) in [5, 5.41) is 0. The maximum absolute atomic E-state index is 4.80. The molecule has 0 unspecified atom stereocenters. The summed E-state index contributed by atoms with van der Waals surface area (Å²) in [6.45, 7) is 7.55. The van der Waals surface area contributed by atoms with Crippen molar-refractivity contribution >= 4 is 58.5 Å². The van der Waals surface area contributed by atoms with Crippen LogP contribution in [0.25, 0.3) is 0 Å². The summed E-state index contributed by atoms with van der Waals surface area (Å²) in [7, 11) is 0. The predicted octanol–water partition coefficient (Wildman–Crippen LogP) is -3.51. The van der Waals surface area contributed by atoms with Crippen LogP contribution in [0.15, 0.2) is 0 Å². The molecule has 0 heterocycles. The van der Waals surface area contributed by atoms with Crippen molar-refractivity contribution in [3.63, 3.8) is 0 Å². The van der Waals surface area contributed by atoms with Gasteiger partial charge in [-0.1, -0.05) is 0 Å². The van der Waals surface area contributed by atoms with Gasteiger partial charge < -0.3 is 59.2 Å². The third-order valence-corrected chi connectivity index (χ3v) is 1.05. The monoisotopic (exact) mass is 348 g/mol. The van der Waals surface area contributed by atoms with Crippen LogP contribution >= 0.6 is 24.4 Å². The van der Waals surface area contributed by atoms with Crippen LogP contribution in [0.2, 0.25) is 0 Å². The van der Waals surface area contributed by atoms with Crippen LogP contribution in [0.1, 0.15) is 27.7 Å². The van der Waals surface area contributed by atoms with E-state index < -0.39 is 0 Å². The van der Waals surface area contributed by atoms with Gasteiger partial charge in [0, 0.05) is 8.77 Å². The van der Waals surface area contributed by atoms with Gasteiger partial charge in [-0.2, -0.15) is 0 Å². The molecule has 0 N–H and O–H groups in total. The van der Waals surface area contributed by atoms with Gasteiger partial charge in [0.15, 0.2) is 0 Å². The first-order valence-corrected chi connectivity index (χ1v) is 5.64. The Labute approximate surface area is 205 Å². The zero-order valence-electron chi connectivity index (χ0n) is 10.6. The summed E-state index contributed by atoms with van der Waals surface area (Å²) < 4.78 is 10.0. The molecule has 2 nitrogen and oxygen atoms in total. The molecule has 0 atom stereocenters. The van der Waals surface area contributed by atoms with Crippen LogP contribution in [0, 0.1) is 0 Å². The van der Waals surface area contributed by atoms with Gasteiger partial charge >= 0.3 is 103 Å². The summed E-state index contributed by atoms with van der Waals surface area (Å²) in [6, 6.07) is 0. The average Bonchev–Trinajstić information content (AvgIpc) is 1.79.